The summed E-state index contributed by atoms with van der Waals surface area (Å²) in [5.74, 6) is 0.460. The summed E-state index contributed by atoms with van der Waals surface area (Å²) in [5.41, 5.74) is 0.553. The Morgan fingerprint density at radius 1 is 1.36 bits per heavy atom. The van der Waals surface area contributed by atoms with Crippen molar-refractivity contribution in [1.82, 2.24) is 20.2 Å². The molecule has 2 aromatic heterocycles. The number of aromatic amines is 1. The molecule has 4 rings (SSSR count). The van der Waals surface area contributed by atoms with Gasteiger partial charge in [-0.1, -0.05) is 6.42 Å². The van der Waals surface area contributed by atoms with Crippen LogP contribution in [0.1, 0.15) is 47.3 Å². The highest BCUT2D eigenvalue weighted by Gasteiger charge is 2.33. The third kappa shape index (κ3) is 3.11. The first kappa shape index (κ1) is 16.7. The number of thiophene rings is 1. The van der Waals surface area contributed by atoms with Crippen molar-refractivity contribution in [3.8, 4) is 0 Å². The predicted molar refractivity (Wildman–Crippen MR) is 99.2 cm³/mol. The molecule has 2 N–H and O–H groups in total. The molecule has 1 amide bonds. The second-order valence-corrected chi connectivity index (χ2v) is 8.18. The summed E-state index contributed by atoms with van der Waals surface area (Å²) in [4.78, 5) is 35.3. The van der Waals surface area contributed by atoms with Crippen molar-refractivity contribution in [2.45, 2.75) is 45.1 Å². The Hall–Kier alpha value is -1.73. The normalized spacial score (nSPS) is 24.2. The Balaban J connectivity index is 1.48. The lowest BCUT2D eigenvalue weighted by molar-refractivity contribution is 0.0576. The predicted octanol–water partition coefficient (Wildman–Crippen LogP) is 2.29. The van der Waals surface area contributed by atoms with Gasteiger partial charge in [-0.2, -0.15) is 0 Å². The molecule has 134 valence electrons. The van der Waals surface area contributed by atoms with Gasteiger partial charge in [-0.15, -0.1) is 11.3 Å². The van der Waals surface area contributed by atoms with E-state index in [0.29, 0.717) is 27.1 Å². The molecule has 0 saturated carbocycles. The molecule has 0 aromatic carbocycles. The van der Waals surface area contributed by atoms with Gasteiger partial charge in [0.2, 0.25) is 0 Å². The first-order chi connectivity index (χ1) is 12.1. The van der Waals surface area contributed by atoms with Gasteiger partial charge in [0, 0.05) is 12.6 Å². The van der Waals surface area contributed by atoms with E-state index in [1.54, 1.807) is 0 Å². The van der Waals surface area contributed by atoms with Gasteiger partial charge in [0.25, 0.3) is 11.5 Å². The van der Waals surface area contributed by atoms with E-state index in [-0.39, 0.29) is 11.5 Å². The van der Waals surface area contributed by atoms with E-state index in [2.05, 4.69) is 20.2 Å². The molecule has 2 aliphatic heterocycles. The first-order valence-electron chi connectivity index (χ1n) is 9.14. The lowest BCUT2D eigenvalue weighted by atomic mass is 9.83. The van der Waals surface area contributed by atoms with Gasteiger partial charge in [0.05, 0.1) is 16.6 Å². The first-order valence-corrected chi connectivity index (χ1v) is 9.96. The van der Waals surface area contributed by atoms with Gasteiger partial charge in [0.15, 0.2) is 0 Å². The van der Waals surface area contributed by atoms with E-state index in [4.69, 9.17) is 0 Å². The molecule has 2 aromatic rings. The Morgan fingerprint density at radius 2 is 2.20 bits per heavy atom. The molecule has 2 atom stereocenters. The number of aromatic nitrogens is 2. The summed E-state index contributed by atoms with van der Waals surface area (Å²) in [7, 11) is 0. The summed E-state index contributed by atoms with van der Waals surface area (Å²) in [6.45, 7) is 4.96. The minimum atomic E-state index is -0.178. The molecule has 25 heavy (non-hydrogen) atoms. The van der Waals surface area contributed by atoms with Crippen molar-refractivity contribution in [2.24, 2.45) is 5.92 Å². The maximum Gasteiger partial charge on any atom is 0.261 e. The number of carbonyl (C=O) groups excluding carboxylic acids is 1. The van der Waals surface area contributed by atoms with E-state index in [0.717, 1.165) is 12.1 Å². The number of H-pyrrole nitrogens is 1. The molecule has 2 fully saturated rings. The van der Waals surface area contributed by atoms with Crippen LogP contribution in [0.5, 0.6) is 0 Å². The van der Waals surface area contributed by atoms with Crippen molar-refractivity contribution in [3.63, 3.8) is 0 Å². The molecule has 2 unspecified atom stereocenters. The van der Waals surface area contributed by atoms with Crippen molar-refractivity contribution in [2.75, 3.05) is 19.6 Å². The fourth-order valence-electron chi connectivity index (χ4n) is 4.41. The van der Waals surface area contributed by atoms with Crippen molar-refractivity contribution in [3.05, 3.63) is 27.1 Å². The van der Waals surface area contributed by atoms with E-state index in [1.807, 2.05) is 6.92 Å². The van der Waals surface area contributed by atoms with Crippen LogP contribution in [-0.4, -0.2) is 46.5 Å². The number of nitrogens with one attached hydrogen (secondary N) is 2. The van der Waals surface area contributed by atoms with Crippen LogP contribution in [0.25, 0.3) is 10.2 Å². The molecular weight excluding hydrogens is 336 g/mol. The van der Waals surface area contributed by atoms with Gasteiger partial charge in [0.1, 0.15) is 4.83 Å². The number of rotatable bonds is 3. The molecule has 6 nitrogen and oxygen atoms in total. The quantitative estimate of drug-likeness (QED) is 0.880. The fraction of sp³-hybridized carbons (Fsp3) is 0.611. The lowest BCUT2D eigenvalue weighted by Crippen LogP contribution is -2.50. The van der Waals surface area contributed by atoms with Crippen LogP contribution in [0.4, 0.5) is 0 Å². The largest absolute Gasteiger partial charge is 0.351 e. The monoisotopic (exact) mass is 360 g/mol. The number of amides is 1. The standard InChI is InChI=1S/C18H24N4O2S/c1-11-14-16(23)20-10-21-18(14)25-15(11)17(24)19-9-12-5-4-8-22-7-3-2-6-13(12)22/h10,12-13H,2-9H2,1H3,(H,19,24)(H,20,21,23). The maximum atomic E-state index is 12.7. The summed E-state index contributed by atoms with van der Waals surface area (Å²) >= 11 is 1.30. The summed E-state index contributed by atoms with van der Waals surface area (Å²) in [5, 5.41) is 3.66. The van der Waals surface area contributed by atoms with Gasteiger partial charge in [-0.05, 0) is 57.2 Å². The number of piperidine rings is 2. The fourth-order valence-corrected chi connectivity index (χ4v) is 5.48. The zero-order valence-corrected chi connectivity index (χ0v) is 15.3. The molecule has 0 aliphatic carbocycles. The number of hydrogen-bond donors (Lipinski definition) is 2. The van der Waals surface area contributed by atoms with Crippen LogP contribution in [0, 0.1) is 12.8 Å². The molecule has 2 saturated heterocycles. The van der Waals surface area contributed by atoms with Crippen molar-refractivity contribution in [1.29, 1.82) is 0 Å². The lowest BCUT2D eigenvalue weighted by Gasteiger charge is -2.44. The number of aryl methyl sites for hydroxylation is 1. The average Bonchev–Trinajstić information content (AvgIpc) is 2.98. The van der Waals surface area contributed by atoms with E-state index in [1.165, 1.54) is 62.9 Å². The minimum Gasteiger partial charge on any atom is -0.351 e. The van der Waals surface area contributed by atoms with Crippen molar-refractivity contribution >= 4 is 27.5 Å². The maximum absolute atomic E-state index is 12.7. The Kier molecular flexibility index (Phi) is 4.60. The zero-order valence-electron chi connectivity index (χ0n) is 14.5. The van der Waals surface area contributed by atoms with E-state index >= 15 is 0 Å². The van der Waals surface area contributed by atoms with Crippen LogP contribution in [-0.2, 0) is 0 Å². The molecule has 2 aliphatic rings. The van der Waals surface area contributed by atoms with Crippen LogP contribution < -0.4 is 10.9 Å². The van der Waals surface area contributed by atoms with Crippen molar-refractivity contribution < 1.29 is 4.79 Å². The molecular formula is C18H24N4O2S. The summed E-state index contributed by atoms with van der Waals surface area (Å²) < 4.78 is 0. The molecule has 7 heteroatoms. The number of carbonyl (C=O) groups is 1. The number of fused-ring (bicyclic) bond motifs is 2. The minimum absolute atomic E-state index is 0.0761. The number of nitrogens with zero attached hydrogens (tertiary/aromatic N) is 2. The SMILES string of the molecule is Cc1c(C(=O)NCC2CCCN3CCCCC23)sc2nc[nH]c(=O)c12. The summed E-state index contributed by atoms with van der Waals surface area (Å²) in [6, 6.07) is 0.621. The van der Waals surface area contributed by atoms with Gasteiger partial charge in [-0.3, -0.25) is 9.59 Å². The van der Waals surface area contributed by atoms with Crippen LogP contribution in [0.3, 0.4) is 0 Å². The topological polar surface area (TPSA) is 78.1 Å². The van der Waals surface area contributed by atoms with Gasteiger partial charge in [-0.25, -0.2) is 4.98 Å². The van der Waals surface area contributed by atoms with Crippen LogP contribution >= 0.6 is 11.3 Å². The Morgan fingerprint density at radius 3 is 3.04 bits per heavy atom. The second-order valence-electron chi connectivity index (χ2n) is 7.18. The third-order valence-corrected chi connectivity index (χ3v) is 6.89. The highest BCUT2D eigenvalue weighted by molar-refractivity contribution is 7.20. The summed E-state index contributed by atoms with van der Waals surface area (Å²) in [6.07, 6.45) is 7.66. The van der Waals surface area contributed by atoms with Crippen LogP contribution in [0.15, 0.2) is 11.1 Å². The second kappa shape index (κ2) is 6.88. The van der Waals surface area contributed by atoms with Gasteiger partial charge < -0.3 is 15.2 Å². The average molecular weight is 360 g/mol. The zero-order chi connectivity index (χ0) is 17.4. The molecule has 0 spiro atoms. The third-order valence-electron chi connectivity index (χ3n) is 5.69. The highest BCUT2D eigenvalue weighted by Crippen LogP contribution is 2.31. The Labute approximate surface area is 150 Å². The van der Waals surface area contributed by atoms with Gasteiger partial charge >= 0.3 is 0 Å². The van der Waals surface area contributed by atoms with E-state index in [9.17, 15) is 9.59 Å². The van der Waals surface area contributed by atoms with Crippen LogP contribution in [0.2, 0.25) is 0 Å². The highest BCUT2D eigenvalue weighted by atomic mass is 32.1. The van der Waals surface area contributed by atoms with E-state index < -0.39 is 0 Å². The number of hydrogen-bond acceptors (Lipinski definition) is 5. The molecule has 4 heterocycles. The smallest absolute Gasteiger partial charge is 0.261 e. The Bertz CT molecular complexity index is 841. The molecule has 0 radical (unpaired) electrons. The molecule has 0 bridgehead atoms.